The molecule has 13 heavy (non-hydrogen) atoms. The summed E-state index contributed by atoms with van der Waals surface area (Å²) in [7, 11) is 0. The first kappa shape index (κ1) is 13.0. The van der Waals surface area contributed by atoms with Crippen molar-refractivity contribution in [2.45, 2.75) is 71.6 Å². The fourth-order valence-corrected chi connectivity index (χ4v) is 1.63. The van der Waals surface area contributed by atoms with Gasteiger partial charge in [-0.1, -0.05) is 78.6 Å². The summed E-state index contributed by atoms with van der Waals surface area (Å²) in [6.07, 6.45) is 12.7. The molecule has 0 aromatic rings. The molecule has 0 aromatic carbocycles. The van der Waals surface area contributed by atoms with E-state index in [0.717, 1.165) is 0 Å². The lowest BCUT2D eigenvalue weighted by molar-refractivity contribution is 0.531. The van der Waals surface area contributed by atoms with Gasteiger partial charge in [0.2, 0.25) is 0 Å². The molecule has 0 aliphatic carbocycles. The summed E-state index contributed by atoms with van der Waals surface area (Å²) in [5, 5.41) is 0. The molecule has 0 spiro atoms. The molecule has 0 nitrogen and oxygen atoms in total. The molecule has 0 saturated carbocycles. The molecule has 1 unspecified atom stereocenters. The zero-order chi connectivity index (χ0) is 9.94. The minimum atomic E-state index is 0.653. The van der Waals surface area contributed by atoms with Gasteiger partial charge in [-0.15, -0.1) is 0 Å². The molecular formula is C13H27. The summed E-state index contributed by atoms with van der Waals surface area (Å²) in [5.74, 6) is 0.653. The van der Waals surface area contributed by atoms with Crippen LogP contribution in [0.5, 0.6) is 0 Å². The monoisotopic (exact) mass is 183 g/mol. The van der Waals surface area contributed by atoms with E-state index in [1.807, 2.05) is 0 Å². The molecular weight excluding hydrogens is 156 g/mol. The molecule has 0 rings (SSSR count). The smallest absolute Gasteiger partial charge is 0.0443 e. The summed E-state index contributed by atoms with van der Waals surface area (Å²) < 4.78 is 0. The average molecular weight is 183 g/mol. The van der Waals surface area contributed by atoms with E-state index in [-0.39, 0.29) is 0 Å². The Morgan fingerprint density at radius 1 is 0.846 bits per heavy atom. The van der Waals surface area contributed by atoms with Crippen LogP contribution in [-0.2, 0) is 0 Å². The summed E-state index contributed by atoms with van der Waals surface area (Å²) in [5.41, 5.74) is 0. The average Bonchev–Trinajstić information content (AvgIpc) is 2.09. The second kappa shape index (κ2) is 10.1. The van der Waals surface area contributed by atoms with Gasteiger partial charge in [0.05, 0.1) is 0 Å². The maximum atomic E-state index is 4.00. The van der Waals surface area contributed by atoms with Crippen LogP contribution in [0.25, 0.3) is 0 Å². The Morgan fingerprint density at radius 3 is 1.77 bits per heavy atom. The van der Waals surface area contributed by atoms with E-state index < -0.39 is 0 Å². The van der Waals surface area contributed by atoms with Crippen LogP contribution in [0.15, 0.2) is 0 Å². The molecule has 0 N–H and O–H groups in total. The first-order valence-electron chi connectivity index (χ1n) is 6.10. The molecule has 0 fully saturated rings. The van der Waals surface area contributed by atoms with E-state index in [2.05, 4.69) is 20.8 Å². The van der Waals surface area contributed by atoms with Crippen molar-refractivity contribution >= 4 is 0 Å². The predicted octanol–water partition coefficient (Wildman–Crippen LogP) is 4.99. The van der Waals surface area contributed by atoms with Gasteiger partial charge in [-0.3, -0.25) is 0 Å². The van der Waals surface area contributed by atoms with Crippen molar-refractivity contribution in [2.24, 2.45) is 5.92 Å². The molecule has 79 valence electrons. The summed E-state index contributed by atoms with van der Waals surface area (Å²) in [6.45, 7) is 8.48. The van der Waals surface area contributed by atoms with Gasteiger partial charge in [-0.05, 0) is 5.92 Å². The lowest BCUT2D eigenvalue weighted by Gasteiger charge is -2.03. The number of hydrogen-bond acceptors (Lipinski definition) is 0. The van der Waals surface area contributed by atoms with Gasteiger partial charge >= 0.3 is 0 Å². The van der Waals surface area contributed by atoms with E-state index >= 15 is 0 Å². The Balaban J connectivity index is 2.84. The standard InChI is InChI=1S/C13H27/c1-4-5-6-7-8-9-10-11-12-13(2)3/h13H,2,4-12H2,1,3H3. The molecule has 0 aliphatic heterocycles. The minimum Gasteiger partial charge on any atom is -0.0654 e. The van der Waals surface area contributed by atoms with E-state index in [1.54, 1.807) is 0 Å². The van der Waals surface area contributed by atoms with Crippen LogP contribution in [0, 0.1) is 12.8 Å². The van der Waals surface area contributed by atoms with Crippen LogP contribution < -0.4 is 0 Å². The van der Waals surface area contributed by atoms with Gasteiger partial charge < -0.3 is 0 Å². The van der Waals surface area contributed by atoms with Crippen LogP contribution in [0.3, 0.4) is 0 Å². The Bertz CT molecular complexity index is 84.0. The zero-order valence-corrected chi connectivity index (χ0v) is 9.65. The van der Waals surface area contributed by atoms with Crippen LogP contribution >= 0.6 is 0 Å². The van der Waals surface area contributed by atoms with Gasteiger partial charge in [-0.2, -0.15) is 0 Å². The van der Waals surface area contributed by atoms with Gasteiger partial charge in [0.25, 0.3) is 0 Å². The van der Waals surface area contributed by atoms with E-state index in [1.165, 1.54) is 57.8 Å². The van der Waals surface area contributed by atoms with Gasteiger partial charge in [0.15, 0.2) is 0 Å². The van der Waals surface area contributed by atoms with Crippen molar-refractivity contribution in [2.75, 3.05) is 0 Å². The normalized spacial score (nSPS) is 11.1. The van der Waals surface area contributed by atoms with Crippen molar-refractivity contribution in [3.8, 4) is 0 Å². The van der Waals surface area contributed by atoms with Crippen LogP contribution in [0.2, 0.25) is 0 Å². The molecule has 0 heteroatoms. The zero-order valence-electron chi connectivity index (χ0n) is 9.65. The van der Waals surface area contributed by atoms with Crippen LogP contribution in [0.1, 0.15) is 71.6 Å². The minimum absolute atomic E-state index is 0.653. The maximum absolute atomic E-state index is 4.00. The third-order valence-electron chi connectivity index (χ3n) is 2.55. The SMILES string of the molecule is [CH2]C(C)CCCCCCCCCC. The highest BCUT2D eigenvalue weighted by molar-refractivity contribution is 4.54. The van der Waals surface area contributed by atoms with Gasteiger partial charge in [0, 0.05) is 0 Å². The highest BCUT2D eigenvalue weighted by Crippen LogP contribution is 2.11. The number of hydrogen-bond donors (Lipinski definition) is 0. The lowest BCUT2D eigenvalue weighted by atomic mass is 10.0. The second-order valence-electron chi connectivity index (χ2n) is 4.37. The first-order chi connectivity index (χ1) is 6.27. The number of unbranched alkanes of at least 4 members (excludes halogenated alkanes) is 7. The largest absolute Gasteiger partial charge is 0.0654 e. The highest BCUT2D eigenvalue weighted by atomic mass is 14.0. The maximum Gasteiger partial charge on any atom is -0.0443 e. The summed E-state index contributed by atoms with van der Waals surface area (Å²) in [4.78, 5) is 0. The Hall–Kier alpha value is 0. The Labute approximate surface area is 85.1 Å². The van der Waals surface area contributed by atoms with Crippen molar-refractivity contribution in [1.82, 2.24) is 0 Å². The summed E-state index contributed by atoms with van der Waals surface area (Å²) >= 11 is 0. The van der Waals surface area contributed by atoms with Gasteiger partial charge in [0.1, 0.15) is 0 Å². The Kier molecular flexibility index (Phi) is 10.1. The topological polar surface area (TPSA) is 0 Å². The van der Waals surface area contributed by atoms with Crippen molar-refractivity contribution in [3.05, 3.63) is 6.92 Å². The molecule has 1 atom stereocenters. The molecule has 0 aliphatic rings. The second-order valence-corrected chi connectivity index (χ2v) is 4.37. The van der Waals surface area contributed by atoms with Crippen molar-refractivity contribution < 1.29 is 0 Å². The predicted molar refractivity (Wildman–Crippen MR) is 61.7 cm³/mol. The van der Waals surface area contributed by atoms with Crippen molar-refractivity contribution in [3.63, 3.8) is 0 Å². The molecule has 0 heterocycles. The number of rotatable bonds is 9. The van der Waals surface area contributed by atoms with Crippen LogP contribution in [-0.4, -0.2) is 0 Å². The van der Waals surface area contributed by atoms with Gasteiger partial charge in [-0.25, -0.2) is 0 Å². The molecule has 0 aromatic heterocycles. The quantitative estimate of drug-likeness (QED) is 0.442. The van der Waals surface area contributed by atoms with Crippen molar-refractivity contribution in [1.29, 1.82) is 0 Å². The lowest BCUT2D eigenvalue weighted by Crippen LogP contribution is -1.87. The van der Waals surface area contributed by atoms with E-state index in [9.17, 15) is 0 Å². The third-order valence-corrected chi connectivity index (χ3v) is 2.55. The molecule has 0 amide bonds. The highest BCUT2D eigenvalue weighted by Gasteiger charge is 1.94. The fraction of sp³-hybridized carbons (Fsp3) is 0.923. The van der Waals surface area contributed by atoms with E-state index in [0.29, 0.717) is 5.92 Å². The van der Waals surface area contributed by atoms with E-state index in [4.69, 9.17) is 0 Å². The molecule has 0 saturated heterocycles. The summed E-state index contributed by atoms with van der Waals surface area (Å²) in [6, 6.07) is 0. The van der Waals surface area contributed by atoms with Crippen LogP contribution in [0.4, 0.5) is 0 Å². The molecule has 1 radical (unpaired) electrons. The third kappa shape index (κ3) is 12.0. The molecule has 0 bridgehead atoms. The fourth-order valence-electron chi connectivity index (χ4n) is 1.63. The Morgan fingerprint density at radius 2 is 1.31 bits per heavy atom. The first-order valence-corrected chi connectivity index (χ1v) is 6.10.